The first-order valence-corrected chi connectivity index (χ1v) is 3.99. The highest BCUT2D eigenvalue weighted by Crippen LogP contribution is 2.10. The second kappa shape index (κ2) is 3.37. The molecule has 7 heteroatoms. The first kappa shape index (κ1) is 9.13. The summed E-state index contributed by atoms with van der Waals surface area (Å²) in [6.07, 6.45) is 1.39. The van der Waals surface area contributed by atoms with Crippen LogP contribution in [0, 0.1) is 0 Å². The van der Waals surface area contributed by atoms with Crippen LogP contribution < -0.4 is 11.5 Å². The number of nitrogens with one attached hydrogen (secondary N) is 1. The van der Waals surface area contributed by atoms with Gasteiger partial charge in [-0.25, -0.2) is 4.79 Å². The van der Waals surface area contributed by atoms with E-state index in [2.05, 4.69) is 19.6 Å². The SMILES string of the molecule is NC(=O)c1ccnc(-c2noc(=O)[nH]2)c1. The van der Waals surface area contributed by atoms with Gasteiger partial charge in [-0.15, -0.1) is 0 Å². The molecule has 3 N–H and O–H groups in total. The molecule has 0 spiro atoms. The van der Waals surface area contributed by atoms with Crippen molar-refractivity contribution in [1.82, 2.24) is 15.1 Å². The first-order valence-electron chi connectivity index (χ1n) is 3.99. The topological polar surface area (TPSA) is 115 Å². The number of pyridine rings is 1. The van der Waals surface area contributed by atoms with E-state index < -0.39 is 11.7 Å². The lowest BCUT2D eigenvalue weighted by Gasteiger charge is -1.96. The summed E-state index contributed by atoms with van der Waals surface area (Å²) in [4.78, 5) is 27.8. The Hall–Kier alpha value is -2.44. The van der Waals surface area contributed by atoms with Crippen molar-refractivity contribution in [3.63, 3.8) is 0 Å². The second-order valence-corrected chi connectivity index (χ2v) is 2.74. The van der Waals surface area contributed by atoms with Gasteiger partial charge in [-0.1, -0.05) is 5.16 Å². The standard InChI is InChI=1S/C8H6N4O3/c9-6(13)4-1-2-10-5(3-4)7-11-8(14)15-12-7/h1-3H,(H2,9,13)(H,11,12,14). The third kappa shape index (κ3) is 1.75. The monoisotopic (exact) mass is 206 g/mol. The van der Waals surface area contributed by atoms with E-state index in [9.17, 15) is 9.59 Å². The van der Waals surface area contributed by atoms with Crippen LogP contribution in [0.25, 0.3) is 11.5 Å². The summed E-state index contributed by atoms with van der Waals surface area (Å²) >= 11 is 0. The van der Waals surface area contributed by atoms with Crippen LogP contribution in [0.1, 0.15) is 10.4 Å². The molecular weight excluding hydrogens is 200 g/mol. The minimum atomic E-state index is -0.684. The molecule has 0 saturated heterocycles. The van der Waals surface area contributed by atoms with E-state index >= 15 is 0 Å². The zero-order chi connectivity index (χ0) is 10.8. The Morgan fingerprint density at radius 1 is 1.53 bits per heavy atom. The van der Waals surface area contributed by atoms with Gasteiger partial charge in [0.1, 0.15) is 5.69 Å². The Labute approximate surface area is 82.9 Å². The zero-order valence-corrected chi connectivity index (χ0v) is 7.43. The Morgan fingerprint density at radius 2 is 2.33 bits per heavy atom. The fourth-order valence-corrected chi connectivity index (χ4v) is 1.05. The number of hydrogen-bond donors (Lipinski definition) is 2. The number of nitrogens with two attached hydrogens (primary N) is 1. The van der Waals surface area contributed by atoms with Gasteiger partial charge in [0, 0.05) is 11.8 Å². The Bertz CT molecular complexity index is 557. The predicted octanol–water partition coefficient (Wildman–Crippen LogP) is -0.476. The molecule has 0 aromatic carbocycles. The van der Waals surface area contributed by atoms with Crippen LogP contribution in [0.4, 0.5) is 0 Å². The van der Waals surface area contributed by atoms with Gasteiger partial charge in [0.15, 0.2) is 0 Å². The summed E-state index contributed by atoms with van der Waals surface area (Å²) < 4.78 is 4.30. The van der Waals surface area contributed by atoms with Gasteiger partial charge >= 0.3 is 5.76 Å². The van der Waals surface area contributed by atoms with Crippen molar-refractivity contribution in [1.29, 1.82) is 0 Å². The Kier molecular flexibility index (Phi) is 2.05. The molecule has 2 aromatic heterocycles. The average Bonchev–Trinajstić information content (AvgIpc) is 2.65. The van der Waals surface area contributed by atoms with Crippen LogP contribution in [0.5, 0.6) is 0 Å². The molecule has 2 heterocycles. The van der Waals surface area contributed by atoms with E-state index in [0.29, 0.717) is 5.69 Å². The van der Waals surface area contributed by atoms with E-state index in [1.807, 2.05) is 0 Å². The van der Waals surface area contributed by atoms with Crippen LogP contribution in [-0.4, -0.2) is 21.0 Å². The van der Waals surface area contributed by atoms with Crippen LogP contribution in [0.2, 0.25) is 0 Å². The Balaban J connectivity index is 2.49. The quantitative estimate of drug-likeness (QED) is 0.688. The molecule has 0 fully saturated rings. The van der Waals surface area contributed by atoms with Crippen molar-refractivity contribution in [2.24, 2.45) is 5.73 Å². The molecule has 0 saturated carbocycles. The summed E-state index contributed by atoms with van der Waals surface area (Å²) in [5, 5.41) is 3.43. The lowest BCUT2D eigenvalue weighted by molar-refractivity contribution is 0.1000. The third-order valence-corrected chi connectivity index (χ3v) is 1.73. The lowest BCUT2D eigenvalue weighted by Crippen LogP contribution is -2.11. The van der Waals surface area contributed by atoms with Crippen molar-refractivity contribution in [2.75, 3.05) is 0 Å². The molecule has 1 amide bonds. The van der Waals surface area contributed by atoms with Crippen LogP contribution in [0.3, 0.4) is 0 Å². The van der Waals surface area contributed by atoms with Crippen LogP contribution >= 0.6 is 0 Å². The first-order chi connectivity index (χ1) is 7.16. The van der Waals surface area contributed by atoms with Gasteiger partial charge < -0.3 is 5.73 Å². The zero-order valence-electron chi connectivity index (χ0n) is 7.43. The van der Waals surface area contributed by atoms with E-state index in [1.165, 1.54) is 18.3 Å². The molecule has 0 radical (unpaired) electrons. The molecule has 15 heavy (non-hydrogen) atoms. The molecule has 2 rings (SSSR count). The van der Waals surface area contributed by atoms with Crippen LogP contribution in [0.15, 0.2) is 27.6 Å². The summed E-state index contributed by atoms with van der Waals surface area (Å²) in [7, 11) is 0. The van der Waals surface area contributed by atoms with Gasteiger partial charge in [-0.05, 0) is 12.1 Å². The number of primary amides is 1. The molecule has 7 nitrogen and oxygen atoms in total. The maximum absolute atomic E-state index is 10.9. The number of carbonyl (C=O) groups excluding carboxylic acids is 1. The molecule has 0 atom stereocenters. The summed E-state index contributed by atoms with van der Waals surface area (Å²) in [5.74, 6) is -1.11. The number of nitrogens with zero attached hydrogens (tertiary/aromatic N) is 2. The number of aromatic amines is 1. The molecule has 0 aliphatic heterocycles. The van der Waals surface area contributed by atoms with E-state index in [4.69, 9.17) is 5.73 Å². The summed E-state index contributed by atoms with van der Waals surface area (Å²) in [6, 6.07) is 2.88. The molecule has 2 aromatic rings. The van der Waals surface area contributed by atoms with Gasteiger partial charge in [0.2, 0.25) is 11.7 Å². The smallest absolute Gasteiger partial charge is 0.366 e. The number of amides is 1. The van der Waals surface area contributed by atoms with Gasteiger partial charge in [-0.3, -0.25) is 19.3 Å². The van der Waals surface area contributed by atoms with Crippen LogP contribution in [-0.2, 0) is 0 Å². The highest BCUT2D eigenvalue weighted by Gasteiger charge is 2.08. The molecule has 0 aliphatic carbocycles. The lowest BCUT2D eigenvalue weighted by atomic mass is 10.2. The average molecular weight is 206 g/mol. The molecule has 76 valence electrons. The normalized spacial score (nSPS) is 10.1. The predicted molar refractivity (Wildman–Crippen MR) is 48.9 cm³/mol. The number of carbonyl (C=O) groups is 1. The van der Waals surface area contributed by atoms with E-state index in [0.717, 1.165) is 0 Å². The molecule has 0 aliphatic rings. The van der Waals surface area contributed by atoms with Gasteiger partial charge in [0.05, 0.1) is 0 Å². The van der Waals surface area contributed by atoms with Crippen molar-refractivity contribution >= 4 is 5.91 Å². The number of hydrogen-bond acceptors (Lipinski definition) is 5. The third-order valence-electron chi connectivity index (χ3n) is 1.73. The molecule has 0 bridgehead atoms. The minimum Gasteiger partial charge on any atom is -0.366 e. The number of aromatic nitrogens is 3. The minimum absolute atomic E-state index is 0.156. The molecular formula is C8H6N4O3. The Morgan fingerprint density at radius 3 is 2.93 bits per heavy atom. The number of H-pyrrole nitrogens is 1. The summed E-state index contributed by atoms with van der Waals surface area (Å²) in [5.41, 5.74) is 5.68. The van der Waals surface area contributed by atoms with Crippen molar-refractivity contribution in [3.8, 4) is 11.5 Å². The van der Waals surface area contributed by atoms with Crippen molar-refractivity contribution in [2.45, 2.75) is 0 Å². The largest absolute Gasteiger partial charge is 0.439 e. The highest BCUT2D eigenvalue weighted by molar-refractivity contribution is 5.93. The number of rotatable bonds is 2. The molecule has 0 unspecified atom stereocenters. The van der Waals surface area contributed by atoms with Gasteiger partial charge in [0.25, 0.3) is 0 Å². The van der Waals surface area contributed by atoms with Gasteiger partial charge in [-0.2, -0.15) is 0 Å². The highest BCUT2D eigenvalue weighted by atomic mass is 16.5. The maximum Gasteiger partial charge on any atom is 0.439 e. The maximum atomic E-state index is 10.9. The second-order valence-electron chi connectivity index (χ2n) is 2.74. The van der Waals surface area contributed by atoms with E-state index in [1.54, 1.807) is 0 Å². The summed E-state index contributed by atoms with van der Waals surface area (Å²) in [6.45, 7) is 0. The fourth-order valence-electron chi connectivity index (χ4n) is 1.05. The van der Waals surface area contributed by atoms with E-state index in [-0.39, 0.29) is 11.4 Å². The van der Waals surface area contributed by atoms with Crippen molar-refractivity contribution in [3.05, 3.63) is 34.4 Å². The fraction of sp³-hybridized carbons (Fsp3) is 0. The van der Waals surface area contributed by atoms with Crippen molar-refractivity contribution < 1.29 is 9.32 Å².